The Bertz CT molecular complexity index is 1670. The Balaban J connectivity index is 0.00000405. The summed E-state index contributed by atoms with van der Waals surface area (Å²) in [6.45, 7) is 4.09. The summed E-state index contributed by atoms with van der Waals surface area (Å²) in [5.41, 5.74) is 0.520. The van der Waals surface area contributed by atoms with Crippen LogP contribution in [0.2, 0.25) is 5.02 Å². The monoisotopic (exact) mass is 626 g/mol. The molecule has 1 aliphatic heterocycles. The molecule has 0 bridgehead atoms. The van der Waals surface area contributed by atoms with Gasteiger partial charge < -0.3 is 24.8 Å². The number of rotatable bonds is 7. The molecule has 11 nitrogen and oxygen atoms in total. The number of pyridine rings is 2. The van der Waals surface area contributed by atoms with Gasteiger partial charge in [-0.15, -0.1) is 27.4 Å². The number of hydrogen-bond donors (Lipinski definition) is 2. The summed E-state index contributed by atoms with van der Waals surface area (Å²) < 4.78 is 46.0. The predicted octanol–water partition coefficient (Wildman–Crippen LogP) is 3.69. The third-order valence-electron chi connectivity index (χ3n) is 6.68. The van der Waals surface area contributed by atoms with Crippen molar-refractivity contribution in [1.82, 2.24) is 29.9 Å². The number of carbonyl (C=O) groups is 1. The molecule has 0 radical (unpaired) electrons. The summed E-state index contributed by atoms with van der Waals surface area (Å²) >= 11 is 6.06. The highest BCUT2D eigenvalue weighted by molar-refractivity contribution is 6.33. The Labute approximate surface area is 249 Å². The van der Waals surface area contributed by atoms with Crippen LogP contribution in [-0.2, 0) is 23.9 Å². The van der Waals surface area contributed by atoms with Crippen LogP contribution < -0.4 is 25.7 Å². The van der Waals surface area contributed by atoms with Gasteiger partial charge in [-0.3, -0.25) is 9.59 Å². The van der Waals surface area contributed by atoms with E-state index in [1.807, 2.05) is 11.8 Å². The lowest BCUT2D eigenvalue weighted by Crippen LogP contribution is -2.46. The van der Waals surface area contributed by atoms with Gasteiger partial charge >= 0.3 is 6.18 Å². The van der Waals surface area contributed by atoms with Crippen LogP contribution in [0.5, 0.6) is 5.88 Å². The van der Waals surface area contributed by atoms with Crippen LogP contribution in [0.1, 0.15) is 18.2 Å². The first-order valence-corrected chi connectivity index (χ1v) is 13.1. The van der Waals surface area contributed by atoms with Crippen molar-refractivity contribution in [3.05, 3.63) is 63.0 Å². The molecule has 4 heterocycles. The second-order valence-electron chi connectivity index (χ2n) is 9.26. The number of methoxy groups -OCH3 is 1. The maximum atomic E-state index is 13.8. The zero-order valence-corrected chi connectivity index (χ0v) is 24.1. The van der Waals surface area contributed by atoms with Crippen molar-refractivity contribution in [2.24, 2.45) is 0 Å². The second-order valence-corrected chi connectivity index (χ2v) is 9.67. The highest BCUT2D eigenvalue weighted by Crippen LogP contribution is 2.34. The van der Waals surface area contributed by atoms with Gasteiger partial charge in [0.25, 0.3) is 0 Å². The summed E-state index contributed by atoms with van der Waals surface area (Å²) in [6.07, 6.45) is -2.66. The zero-order valence-electron chi connectivity index (χ0n) is 22.5. The highest BCUT2D eigenvalue weighted by atomic mass is 35.5. The number of hydrogen-bond acceptors (Lipinski definition) is 8. The lowest BCUT2D eigenvalue weighted by atomic mass is 10.1. The SMILES string of the molecule is CCc1c(N2CCNCC2)c(=O)c2nn(-c3ccnc(OC)c3)nc2n1CC(=O)Nc1ccc(C(F)(F)F)cc1Cl.Cl. The van der Waals surface area contributed by atoms with Gasteiger partial charge in [-0.1, -0.05) is 18.5 Å². The van der Waals surface area contributed by atoms with Gasteiger partial charge in [0.1, 0.15) is 12.2 Å². The number of anilines is 2. The van der Waals surface area contributed by atoms with E-state index in [0.717, 1.165) is 18.2 Å². The van der Waals surface area contributed by atoms with Crippen molar-refractivity contribution in [3.8, 4) is 11.6 Å². The van der Waals surface area contributed by atoms with Gasteiger partial charge in [0, 0.05) is 44.1 Å². The molecule has 42 heavy (non-hydrogen) atoms. The van der Waals surface area contributed by atoms with Crippen LogP contribution in [0.3, 0.4) is 0 Å². The van der Waals surface area contributed by atoms with Gasteiger partial charge in [0.15, 0.2) is 11.2 Å². The number of ether oxygens (including phenoxy) is 1. The average molecular weight is 627 g/mol. The van der Waals surface area contributed by atoms with E-state index in [4.69, 9.17) is 16.3 Å². The molecule has 0 unspecified atom stereocenters. The Morgan fingerprint density at radius 3 is 2.55 bits per heavy atom. The molecule has 1 aromatic carbocycles. The van der Waals surface area contributed by atoms with E-state index in [1.54, 1.807) is 16.7 Å². The van der Waals surface area contributed by atoms with Crippen LogP contribution >= 0.6 is 24.0 Å². The number of aromatic nitrogens is 5. The van der Waals surface area contributed by atoms with Crippen molar-refractivity contribution in [2.45, 2.75) is 26.1 Å². The first-order valence-electron chi connectivity index (χ1n) is 12.8. The molecular weight excluding hydrogens is 600 g/mol. The first kappa shape index (κ1) is 31.1. The van der Waals surface area contributed by atoms with Gasteiger partial charge in [0.05, 0.1) is 29.1 Å². The summed E-state index contributed by atoms with van der Waals surface area (Å²) in [7, 11) is 1.47. The van der Waals surface area contributed by atoms with E-state index >= 15 is 0 Å². The zero-order chi connectivity index (χ0) is 29.3. The normalized spacial score (nSPS) is 13.6. The number of halogens is 5. The van der Waals surface area contributed by atoms with Crippen LogP contribution in [0, 0.1) is 0 Å². The molecule has 1 fully saturated rings. The van der Waals surface area contributed by atoms with E-state index in [1.165, 1.54) is 18.1 Å². The fraction of sp³-hybridized carbons (Fsp3) is 0.346. The number of alkyl halides is 3. The van der Waals surface area contributed by atoms with E-state index in [2.05, 4.69) is 25.8 Å². The van der Waals surface area contributed by atoms with E-state index in [-0.39, 0.29) is 46.3 Å². The summed E-state index contributed by atoms with van der Waals surface area (Å²) in [4.78, 5) is 34.4. The van der Waals surface area contributed by atoms with Crippen molar-refractivity contribution in [1.29, 1.82) is 0 Å². The van der Waals surface area contributed by atoms with Crippen LogP contribution in [0.4, 0.5) is 24.5 Å². The minimum atomic E-state index is -4.57. The van der Waals surface area contributed by atoms with E-state index in [0.29, 0.717) is 55.5 Å². The smallest absolute Gasteiger partial charge is 0.416 e. The third-order valence-corrected chi connectivity index (χ3v) is 6.99. The lowest BCUT2D eigenvalue weighted by Gasteiger charge is -2.31. The van der Waals surface area contributed by atoms with Crippen molar-refractivity contribution in [3.63, 3.8) is 0 Å². The number of fused-ring (bicyclic) bond motifs is 1. The maximum absolute atomic E-state index is 13.8. The van der Waals surface area contributed by atoms with Crippen molar-refractivity contribution >= 4 is 52.5 Å². The fourth-order valence-electron chi connectivity index (χ4n) is 4.75. The number of amides is 1. The Morgan fingerprint density at radius 1 is 1.17 bits per heavy atom. The van der Waals surface area contributed by atoms with Crippen LogP contribution in [0.25, 0.3) is 16.9 Å². The second kappa shape index (κ2) is 12.5. The van der Waals surface area contributed by atoms with Crippen molar-refractivity contribution in [2.75, 3.05) is 43.5 Å². The maximum Gasteiger partial charge on any atom is 0.416 e. The Morgan fingerprint density at radius 2 is 1.90 bits per heavy atom. The number of piperazine rings is 1. The third kappa shape index (κ3) is 6.15. The summed E-state index contributed by atoms with van der Waals surface area (Å²) in [5, 5.41) is 14.6. The molecule has 2 N–H and O–H groups in total. The highest BCUT2D eigenvalue weighted by Gasteiger charge is 2.31. The molecule has 0 aliphatic carbocycles. The standard InChI is InChI=1S/C26H26ClF3N8O3.ClH/c1-3-19-23(36-10-8-31-9-11-36)24(40)22-25(35-38(34-22)16-6-7-32-21(13-16)41-2)37(19)14-20(39)33-18-5-4-15(12-17(18)27)26(28,29)30;/h4-7,12-13,31H,3,8-11,14H2,1-2H3,(H,33,39);1H. The fourth-order valence-corrected chi connectivity index (χ4v) is 4.97. The molecule has 3 aromatic heterocycles. The van der Waals surface area contributed by atoms with Gasteiger partial charge in [0.2, 0.25) is 17.2 Å². The molecule has 1 amide bonds. The van der Waals surface area contributed by atoms with Gasteiger partial charge in [-0.2, -0.15) is 13.2 Å². The molecule has 1 aliphatic rings. The Hall–Kier alpha value is -3.88. The van der Waals surface area contributed by atoms with Gasteiger partial charge in [-0.25, -0.2) is 4.98 Å². The van der Waals surface area contributed by atoms with E-state index in [9.17, 15) is 22.8 Å². The molecule has 5 rings (SSSR count). The summed E-state index contributed by atoms with van der Waals surface area (Å²) in [6, 6.07) is 5.94. The predicted molar refractivity (Wildman–Crippen MR) is 154 cm³/mol. The quantitative estimate of drug-likeness (QED) is 0.319. The largest absolute Gasteiger partial charge is 0.481 e. The topological polar surface area (TPSA) is 119 Å². The van der Waals surface area contributed by atoms with Gasteiger partial charge in [-0.05, 0) is 30.7 Å². The molecule has 224 valence electrons. The molecule has 16 heteroatoms. The van der Waals surface area contributed by atoms with Crippen LogP contribution in [-0.4, -0.2) is 63.7 Å². The van der Waals surface area contributed by atoms with Crippen LogP contribution in [0.15, 0.2) is 41.3 Å². The molecule has 0 spiro atoms. The first-order chi connectivity index (χ1) is 19.6. The van der Waals surface area contributed by atoms with Crippen molar-refractivity contribution < 1.29 is 22.7 Å². The molecule has 1 saturated heterocycles. The Kier molecular flexibility index (Phi) is 9.28. The number of nitrogens with zero attached hydrogens (tertiary/aromatic N) is 6. The average Bonchev–Trinajstić information content (AvgIpc) is 3.41. The minimum Gasteiger partial charge on any atom is -0.481 e. The van der Waals surface area contributed by atoms with E-state index < -0.39 is 17.6 Å². The molecule has 0 saturated carbocycles. The minimum absolute atomic E-state index is 0. The number of benzene rings is 1. The number of nitrogens with one attached hydrogen (secondary N) is 2. The molecule has 0 atom stereocenters. The molecular formula is C26H27Cl2F3N8O3. The summed E-state index contributed by atoms with van der Waals surface area (Å²) in [5.74, 6) is -0.250. The molecule has 4 aromatic rings. The lowest BCUT2D eigenvalue weighted by molar-refractivity contribution is -0.137. The number of carbonyl (C=O) groups excluding carboxylic acids is 1.